The van der Waals surface area contributed by atoms with Gasteiger partial charge in [0.15, 0.2) is 0 Å². The minimum absolute atomic E-state index is 0.374. The first-order chi connectivity index (χ1) is 17.3. The average Bonchev–Trinajstić information content (AvgIpc) is 2.84. The monoisotopic (exact) mass is 480 g/mol. The predicted molar refractivity (Wildman–Crippen MR) is 137 cm³/mol. The van der Waals surface area contributed by atoms with Gasteiger partial charge < -0.3 is 14.2 Å². The molecule has 0 saturated carbocycles. The van der Waals surface area contributed by atoms with Crippen LogP contribution in [0.5, 0.6) is 17.2 Å². The molecule has 4 aromatic rings. The van der Waals surface area contributed by atoms with E-state index < -0.39 is 0 Å². The van der Waals surface area contributed by atoms with Crippen molar-refractivity contribution in [2.45, 2.75) is 20.8 Å². The lowest BCUT2D eigenvalue weighted by Crippen LogP contribution is -2.01. The topological polar surface area (TPSA) is 78.9 Å². The van der Waals surface area contributed by atoms with Gasteiger partial charge in [-0.2, -0.15) is 0 Å². The third-order valence-corrected chi connectivity index (χ3v) is 5.28. The van der Waals surface area contributed by atoms with Gasteiger partial charge in [-0.25, -0.2) is 0 Å². The maximum atomic E-state index is 11.3. The van der Waals surface area contributed by atoms with Gasteiger partial charge in [0.2, 0.25) is 0 Å². The number of benzene rings is 4. The second-order valence-electron chi connectivity index (χ2n) is 8.15. The fraction of sp³-hybridized carbons (Fsp3) is 0.100. The van der Waals surface area contributed by atoms with E-state index in [4.69, 9.17) is 14.2 Å². The van der Waals surface area contributed by atoms with E-state index in [1.54, 1.807) is 36.4 Å². The molecule has 36 heavy (non-hydrogen) atoms. The van der Waals surface area contributed by atoms with E-state index >= 15 is 0 Å². The molecule has 0 fully saturated rings. The Balaban J connectivity index is 1.76. The van der Waals surface area contributed by atoms with Crippen LogP contribution in [0.25, 0.3) is 33.4 Å². The molecule has 6 heteroatoms. The lowest BCUT2D eigenvalue weighted by atomic mass is 9.93. The number of hydrogen-bond donors (Lipinski definition) is 0. The van der Waals surface area contributed by atoms with E-state index in [0.29, 0.717) is 17.2 Å². The summed E-state index contributed by atoms with van der Waals surface area (Å²) in [5.41, 5.74) is 5.73. The van der Waals surface area contributed by atoms with Crippen molar-refractivity contribution in [3.8, 4) is 50.6 Å². The van der Waals surface area contributed by atoms with Gasteiger partial charge in [-0.15, -0.1) is 0 Å². The molecule has 4 rings (SSSR count). The summed E-state index contributed by atoms with van der Waals surface area (Å²) in [7, 11) is 0. The van der Waals surface area contributed by atoms with Crippen LogP contribution in [0, 0.1) is 0 Å². The summed E-state index contributed by atoms with van der Waals surface area (Å²) in [6.45, 7) is 4.09. The molecule has 4 aromatic carbocycles. The first-order valence-electron chi connectivity index (χ1n) is 11.3. The molecular weight excluding hydrogens is 456 g/mol. The summed E-state index contributed by atoms with van der Waals surface area (Å²) in [5.74, 6) is 0.309. The van der Waals surface area contributed by atoms with Gasteiger partial charge in [-0.3, -0.25) is 14.4 Å². The van der Waals surface area contributed by atoms with Gasteiger partial charge >= 0.3 is 17.9 Å². The Morgan fingerprint density at radius 2 is 0.611 bits per heavy atom. The highest BCUT2D eigenvalue weighted by atomic mass is 16.5. The van der Waals surface area contributed by atoms with Crippen LogP contribution >= 0.6 is 0 Å². The smallest absolute Gasteiger partial charge is 0.308 e. The zero-order valence-electron chi connectivity index (χ0n) is 20.1. The van der Waals surface area contributed by atoms with E-state index in [1.807, 2.05) is 36.4 Å². The molecule has 0 N–H and O–H groups in total. The minimum Gasteiger partial charge on any atom is -0.427 e. The Morgan fingerprint density at radius 1 is 0.389 bits per heavy atom. The standard InChI is InChI=1S/C30H24O6/c1-19(31)34-28-10-4-22(5-11-28)25-16-26(23-6-12-29(13-7-23)35-20(2)32)18-27(17-25)24-8-14-30(15-9-24)36-21(3)33/h4-18H,1-3H3. The maximum Gasteiger partial charge on any atom is 0.308 e. The Bertz CT molecular complexity index is 1210. The summed E-state index contributed by atoms with van der Waals surface area (Å²) >= 11 is 0. The molecule has 0 atom stereocenters. The molecule has 0 aliphatic carbocycles. The molecule has 0 heterocycles. The number of hydrogen-bond acceptors (Lipinski definition) is 6. The molecular formula is C30H24O6. The number of rotatable bonds is 6. The highest BCUT2D eigenvalue weighted by molar-refractivity contribution is 5.82. The summed E-state index contributed by atoms with van der Waals surface area (Å²) in [6.07, 6.45) is 0. The van der Waals surface area contributed by atoms with Crippen molar-refractivity contribution in [3.63, 3.8) is 0 Å². The maximum absolute atomic E-state index is 11.3. The van der Waals surface area contributed by atoms with Crippen molar-refractivity contribution in [1.29, 1.82) is 0 Å². The van der Waals surface area contributed by atoms with E-state index in [-0.39, 0.29) is 17.9 Å². The molecule has 6 nitrogen and oxygen atoms in total. The van der Waals surface area contributed by atoms with Crippen LogP contribution < -0.4 is 14.2 Å². The summed E-state index contributed by atoms with van der Waals surface area (Å²) in [4.78, 5) is 33.8. The SMILES string of the molecule is CC(=O)Oc1ccc(-c2cc(-c3ccc(OC(C)=O)cc3)cc(-c3ccc(OC(C)=O)cc3)c2)cc1. The van der Waals surface area contributed by atoms with Crippen LogP contribution in [0.15, 0.2) is 91.0 Å². The zero-order chi connectivity index (χ0) is 25.7. The van der Waals surface area contributed by atoms with Crippen LogP contribution in [-0.4, -0.2) is 17.9 Å². The normalized spacial score (nSPS) is 10.4. The van der Waals surface area contributed by atoms with Crippen LogP contribution in [-0.2, 0) is 14.4 Å². The van der Waals surface area contributed by atoms with Crippen molar-refractivity contribution in [1.82, 2.24) is 0 Å². The minimum atomic E-state index is -0.374. The molecule has 180 valence electrons. The third-order valence-electron chi connectivity index (χ3n) is 5.28. The van der Waals surface area contributed by atoms with E-state index in [2.05, 4.69) is 18.2 Å². The Kier molecular flexibility index (Phi) is 7.25. The van der Waals surface area contributed by atoms with Gasteiger partial charge in [0, 0.05) is 20.8 Å². The fourth-order valence-electron chi connectivity index (χ4n) is 3.77. The Hall–Kier alpha value is -4.71. The van der Waals surface area contributed by atoms with Crippen molar-refractivity contribution in [2.24, 2.45) is 0 Å². The summed E-state index contributed by atoms with van der Waals surface area (Å²) in [6, 6.07) is 28.1. The Morgan fingerprint density at radius 3 is 0.806 bits per heavy atom. The molecule has 0 bridgehead atoms. The van der Waals surface area contributed by atoms with Gasteiger partial charge in [0.25, 0.3) is 0 Å². The molecule has 0 aliphatic heterocycles. The summed E-state index contributed by atoms with van der Waals surface area (Å²) in [5, 5.41) is 0. The molecule has 0 aromatic heterocycles. The van der Waals surface area contributed by atoms with Crippen molar-refractivity contribution >= 4 is 17.9 Å². The van der Waals surface area contributed by atoms with Crippen molar-refractivity contribution in [3.05, 3.63) is 91.0 Å². The molecule has 0 amide bonds. The quantitative estimate of drug-likeness (QED) is 0.233. The van der Waals surface area contributed by atoms with Crippen molar-refractivity contribution < 1.29 is 28.6 Å². The lowest BCUT2D eigenvalue weighted by molar-refractivity contribution is -0.132. The highest BCUT2D eigenvalue weighted by Crippen LogP contribution is 2.34. The highest BCUT2D eigenvalue weighted by Gasteiger charge is 2.10. The van der Waals surface area contributed by atoms with E-state index in [0.717, 1.165) is 33.4 Å². The first-order valence-corrected chi connectivity index (χ1v) is 11.3. The number of carbonyl (C=O) groups excluding carboxylic acids is 3. The molecule has 0 spiro atoms. The predicted octanol–water partition coefficient (Wildman–Crippen LogP) is 6.46. The second kappa shape index (κ2) is 10.7. The van der Waals surface area contributed by atoms with Crippen LogP contribution in [0.2, 0.25) is 0 Å². The molecule has 0 saturated heterocycles. The van der Waals surface area contributed by atoms with Gasteiger partial charge in [0.1, 0.15) is 17.2 Å². The zero-order valence-corrected chi connectivity index (χ0v) is 20.1. The number of ether oxygens (including phenoxy) is 3. The van der Waals surface area contributed by atoms with Crippen LogP contribution in [0.4, 0.5) is 0 Å². The fourth-order valence-corrected chi connectivity index (χ4v) is 3.77. The Labute approximate surface area is 209 Å². The lowest BCUT2D eigenvalue weighted by Gasteiger charge is -2.12. The number of carbonyl (C=O) groups is 3. The van der Waals surface area contributed by atoms with Crippen LogP contribution in [0.1, 0.15) is 20.8 Å². The number of esters is 3. The average molecular weight is 481 g/mol. The largest absolute Gasteiger partial charge is 0.427 e. The molecule has 0 radical (unpaired) electrons. The van der Waals surface area contributed by atoms with Gasteiger partial charge in [-0.1, -0.05) is 36.4 Å². The molecule has 0 aliphatic rings. The first kappa shape index (κ1) is 24.4. The van der Waals surface area contributed by atoms with Crippen molar-refractivity contribution in [2.75, 3.05) is 0 Å². The summed E-state index contributed by atoms with van der Waals surface area (Å²) < 4.78 is 15.5. The van der Waals surface area contributed by atoms with Crippen LogP contribution in [0.3, 0.4) is 0 Å². The van der Waals surface area contributed by atoms with Gasteiger partial charge in [-0.05, 0) is 88.0 Å². The third kappa shape index (κ3) is 6.24. The van der Waals surface area contributed by atoms with E-state index in [1.165, 1.54) is 20.8 Å². The van der Waals surface area contributed by atoms with Gasteiger partial charge in [0.05, 0.1) is 0 Å². The second-order valence-corrected chi connectivity index (χ2v) is 8.15. The molecule has 0 unspecified atom stereocenters. The van der Waals surface area contributed by atoms with E-state index in [9.17, 15) is 14.4 Å².